The van der Waals surface area contributed by atoms with E-state index < -0.39 is 23.1 Å². The molecule has 2 N–H and O–H groups in total. The molecule has 0 unspecified atom stereocenters. The third-order valence-electron chi connectivity index (χ3n) is 2.36. The van der Waals surface area contributed by atoms with Gasteiger partial charge in [-0.1, -0.05) is 17.7 Å². The van der Waals surface area contributed by atoms with E-state index in [4.69, 9.17) is 17.3 Å². The van der Waals surface area contributed by atoms with E-state index in [9.17, 15) is 13.2 Å². The number of nitrogens with two attached hydrogens (primary N) is 1. The van der Waals surface area contributed by atoms with Crippen LogP contribution in [0.2, 0.25) is 5.02 Å². The average molecular weight is 258 g/mol. The van der Waals surface area contributed by atoms with Crippen molar-refractivity contribution in [2.45, 2.75) is 0 Å². The summed E-state index contributed by atoms with van der Waals surface area (Å²) in [7, 11) is 0. The minimum Gasteiger partial charge on any atom is -0.394 e. The number of hydrogen-bond donors (Lipinski definition) is 1. The van der Waals surface area contributed by atoms with Gasteiger partial charge in [-0.05, 0) is 29.8 Å². The van der Waals surface area contributed by atoms with Gasteiger partial charge in [0.15, 0.2) is 5.82 Å². The summed E-state index contributed by atoms with van der Waals surface area (Å²) in [5, 5.41) is -0.0655. The molecule has 0 atom stereocenters. The highest BCUT2D eigenvalue weighted by molar-refractivity contribution is 6.30. The number of halogens is 4. The molecule has 2 aromatic carbocycles. The van der Waals surface area contributed by atoms with Crippen molar-refractivity contribution in [3.05, 3.63) is 52.8 Å². The zero-order valence-corrected chi connectivity index (χ0v) is 9.23. The fourth-order valence-corrected chi connectivity index (χ4v) is 1.57. The van der Waals surface area contributed by atoms with E-state index in [-0.39, 0.29) is 16.1 Å². The second kappa shape index (κ2) is 4.30. The van der Waals surface area contributed by atoms with Crippen LogP contribution in [0.15, 0.2) is 30.3 Å². The summed E-state index contributed by atoms with van der Waals surface area (Å²) in [6.45, 7) is 0. The molecular formula is C12H7ClF3N. The highest BCUT2D eigenvalue weighted by Gasteiger charge is 2.13. The minimum atomic E-state index is -0.910. The van der Waals surface area contributed by atoms with E-state index in [0.717, 1.165) is 12.1 Å². The van der Waals surface area contributed by atoms with Crippen molar-refractivity contribution in [3.8, 4) is 11.1 Å². The van der Waals surface area contributed by atoms with Crippen LogP contribution < -0.4 is 5.73 Å². The third-order valence-corrected chi connectivity index (χ3v) is 2.66. The molecule has 0 radical (unpaired) electrons. The van der Waals surface area contributed by atoms with Crippen molar-refractivity contribution in [3.63, 3.8) is 0 Å². The summed E-state index contributed by atoms with van der Waals surface area (Å²) >= 11 is 5.51. The smallest absolute Gasteiger partial charge is 0.156 e. The van der Waals surface area contributed by atoms with Gasteiger partial charge in [0.05, 0.1) is 5.02 Å². The monoisotopic (exact) mass is 257 g/mol. The maximum Gasteiger partial charge on any atom is 0.156 e. The maximum absolute atomic E-state index is 13.7. The van der Waals surface area contributed by atoms with Crippen LogP contribution in [0.4, 0.5) is 18.9 Å². The van der Waals surface area contributed by atoms with E-state index in [0.29, 0.717) is 0 Å². The van der Waals surface area contributed by atoms with Crippen LogP contribution in [0, 0.1) is 17.5 Å². The van der Waals surface area contributed by atoms with Crippen molar-refractivity contribution >= 4 is 17.3 Å². The molecule has 88 valence electrons. The van der Waals surface area contributed by atoms with Gasteiger partial charge >= 0.3 is 0 Å². The molecule has 17 heavy (non-hydrogen) atoms. The molecule has 0 aliphatic carbocycles. The molecule has 0 fully saturated rings. The highest BCUT2D eigenvalue weighted by atomic mass is 35.5. The van der Waals surface area contributed by atoms with Crippen LogP contribution in [-0.2, 0) is 0 Å². The summed E-state index contributed by atoms with van der Waals surface area (Å²) < 4.78 is 39.8. The van der Waals surface area contributed by atoms with Gasteiger partial charge in [0, 0.05) is 5.56 Å². The Morgan fingerprint density at radius 3 is 2.29 bits per heavy atom. The molecule has 0 bridgehead atoms. The van der Waals surface area contributed by atoms with Crippen LogP contribution in [-0.4, -0.2) is 0 Å². The average Bonchev–Trinajstić information content (AvgIpc) is 2.30. The Morgan fingerprint density at radius 1 is 0.941 bits per heavy atom. The van der Waals surface area contributed by atoms with Gasteiger partial charge < -0.3 is 5.73 Å². The van der Waals surface area contributed by atoms with Gasteiger partial charge in [0.2, 0.25) is 0 Å². The van der Waals surface area contributed by atoms with Gasteiger partial charge in [-0.2, -0.15) is 0 Å². The van der Waals surface area contributed by atoms with Gasteiger partial charge in [-0.15, -0.1) is 0 Å². The fourth-order valence-electron chi connectivity index (χ4n) is 1.46. The van der Waals surface area contributed by atoms with Crippen molar-refractivity contribution in [2.75, 3.05) is 5.73 Å². The van der Waals surface area contributed by atoms with E-state index in [1.807, 2.05) is 0 Å². The van der Waals surface area contributed by atoms with Crippen LogP contribution in [0.25, 0.3) is 11.1 Å². The predicted molar refractivity (Wildman–Crippen MR) is 61.2 cm³/mol. The van der Waals surface area contributed by atoms with Crippen molar-refractivity contribution < 1.29 is 13.2 Å². The zero-order chi connectivity index (χ0) is 12.6. The van der Waals surface area contributed by atoms with Gasteiger partial charge in [-0.25, -0.2) is 13.2 Å². The van der Waals surface area contributed by atoms with Crippen LogP contribution >= 0.6 is 11.6 Å². The molecular weight excluding hydrogens is 251 g/mol. The first-order chi connectivity index (χ1) is 8.00. The molecule has 0 aliphatic rings. The quantitative estimate of drug-likeness (QED) is 0.768. The Bertz CT molecular complexity index is 584. The van der Waals surface area contributed by atoms with Crippen molar-refractivity contribution in [2.24, 2.45) is 0 Å². The maximum atomic E-state index is 13.7. The SMILES string of the molecule is Nc1c(F)ccc(-c2ccc(Cl)c(F)c2)c1F. The number of hydrogen-bond acceptors (Lipinski definition) is 1. The fraction of sp³-hybridized carbons (Fsp3) is 0. The first-order valence-electron chi connectivity index (χ1n) is 4.69. The molecule has 1 nitrogen and oxygen atoms in total. The van der Waals surface area contributed by atoms with Crippen LogP contribution in [0.5, 0.6) is 0 Å². The number of rotatable bonds is 1. The molecule has 0 amide bonds. The Hall–Kier alpha value is -1.68. The van der Waals surface area contributed by atoms with Crippen molar-refractivity contribution in [1.29, 1.82) is 0 Å². The van der Waals surface area contributed by atoms with Crippen LogP contribution in [0.1, 0.15) is 0 Å². The van der Waals surface area contributed by atoms with Gasteiger partial charge in [-0.3, -0.25) is 0 Å². The Kier molecular flexibility index (Phi) is 2.98. The lowest BCUT2D eigenvalue weighted by atomic mass is 10.0. The zero-order valence-electron chi connectivity index (χ0n) is 8.48. The number of benzene rings is 2. The standard InChI is InChI=1S/C12H7ClF3N/c13-8-3-1-6(5-10(8)15)7-2-4-9(14)12(17)11(7)16/h1-5H,17H2. The first-order valence-corrected chi connectivity index (χ1v) is 5.07. The van der Waals surface area contributed by atoms with Gasteiger partial charge in [0.25, 0.3) is 0 Å². The number of anilines is 1. The summed E-state index contributed by atoms with van der Waals surface area (Å²) in [5.41, 5.74) is 4.91. The molecule has 0 aliphatic heterocycles. The second-order valence-electron chi connectivity index (χ2n) is 3.45. The molecule has 0 aromatic heterocycles. The second-order valence-corrected chi connectivity index (χ2v) is 3.86. The lowest BCUT2D eigenvalue weighted by molar-refractivity contribution is 0.593. The summed E-state index contributed by atoms with van der Waals surface area (Å²) in [6, 6.07) is 6.02. The molecule has 0 spiro atoms. The Morgan fingerprint density at radius 2 is 1.65 bits per heavy atom. The largest absolute Gasteiger partial charge is 0.394 e. The van der Waals surface area contributed by atoms with E-state index in [1.54, 1.807) is 0 Å². The lowest BCUT2D eigenvalue weighted by Crippen LogP contribution is -1.97. The van der Waals surface area contributed by atoms with E-state index in [1.165, 1.54) is 18.2 Å². The topological polar surface area (TPSA) is 26.0 Å². The molecule has 0 saturated heterocycles. The normalized spacial score (nSPS) is 10.6. The Balaban J connectivity index is 2.61. The molecule has 0 heterocycles. The molecule has 2 rings (SSSR count). The van der Waals surface area contributed by atoms with E-state index >= 15 is 0 Å². The third kappa shape index (κ3) is 2.08. The summed E-state index contributed by atoms with van der Waals surface area (Å²) in [6.07, 6.45) is 0. The summed E-state index contributed by atoms with van der Waals surface area (Å²) in [5.74, 6) is -2.43. The highest BCUT2D eigenvalue weighted by Crippen LogP contribution is 2.30. The van der Waals surface area contributed by atoms with Crippen molar-refractivity contribution in [1.82, 2.24) is 0 Å². The molecule has 2 aromatic rings. The Labute approximate surface area is 101 Å². The summed E-state index contributed by atoms with van der Waals surface area (Å²) in [4.78, 5) is 0. The molecule has 0 saturated carbocycles. The number of nitrogen functional groups attached to an aromatic ring is 1. The molecule has 5 heteroatoms. The van der Waals surface area contributed by atoms with Crippen LogP contribution in [0.3, 0.4) is 0 Å². The lowest BCUT2D eigenvalue weighted by Gasteiger charge is -2.07. The first kappa shape index (κ1) is 11.8. The van der Waals surface area contributed by atoms with Gasteiger partial charge in [0.1, 0.15) is 17.3 Å². The van der Waals surface area contributed by atoms with E-state index in [2.05, 4.69) is 0 Å². The minimum absolute atomic E-state index is 0.0273. The predicted octanol–water partition coefficient (Wildman–Crippen LogP) is 4.01.